The molecule has 6 nitrogen and oxygen atoms in total. The summed E-state index contributed by atoms with van der Waals surface area (Å²) in [6.45, 7) is 1.75. The summed E-state index contributed by atoms with van der Waals surface area (Å²) in [5.74, 6) is 0.719. The standard InChI is InChI=1S/C18H16ClN3O3S/c1-11(16(23)20-14-10-13(19)8-9-15(14)24-2)26-18-22-21-17(25-18)12-6-4-3-5-7-12/h3-11H,1-2H3,(H,20,23)/t11-/m1/s1. The Morgan fingerprint density at radius 3 is 2.73 bits per heavy atom. The summed E-state index contributed by atoms with van der Waals surface area (Å²) in [6, 6.07) is 14.5. The Morgan fingerprint density at radius 1 is 1.23 bits per heavy atom. The fourth-order valence-corrected chi connectivity index (χ4v) is 3.03. The molecule has 1 amide bonds. The molecule has 3 rings (SSSR count). The van der Waals surface area contributed by atoms with Gasteiger partial charge in [-0.1, -0.05) is 41.6 Å². The SMILES string of the molecule is COc1ccc(Cl)cc1NC(=O)[C@@H](C)Sc1nnc(-c2ccccc2)o1. The number of thioether (sulfide) groups is 1. The van der Waals surface area contributed by atoms with E-state index in [1.54, 1.807) is 25.1 Å². The van der Waals surface area contributed by atoms with E-state index in [9.17, 15) is 4.79 Å². The Balaban J connectivity index is 1.67. The number of aromatic nitrogens is 2. The van der Waals surface area contributed by atoms with Gasteiger partial charge in [-0.05, 0) is 37.3 Å². The average Bonchev–Trinajstić information content (AvgIpc) is 3.11. The summed E-state index contributed by atoms with van der Waals surface area (Å²) in [4.78, 5) is 12.5. The molecule has 1 aromatic heterocycles. The number of benzene rings is 2. The van der Waals surface area contributed by atoms with Crippen molar-refractivity contribution in [2.45, 2.75) is 17.4 Å². The first kappa shape index (κ1) is 18.3. The first-order chi connectivity index (χ1) is 12.6. The van der Waals surface area contributed by atoms with Crippen LogP contribution in [0.5, 0.6) is 5.75 Å². The van der Waals surface area contributed by atoms with Crippen LogP contribution in [0, 0.1) is 0 Å². The van der Waals surface area contributed by atoms with Crippen LogP contribution in [0.25, 0.3) is 11.5 Å². The quantitative estimate of drug-likeness (QED) is 0.624. The van der Waals surface area contributed by atoms with Gasteiger partial charge in [0.15, 0.2) is 0 Å². The number of nitrogens with one attached hydrogen (secondary N) is 1. The van der Waals surface area contributed by atoms with Gasteiger partial charge in [0, 0.05) is 10.6 Å². The predicted octanol–water partition coefficient (Wildman–Crippen LogP) is 4.52. The number of carbonyl (C=O) groups excluding carboxylic acids is 1. The minimum atomic E-state index is -0.456. The number of amides is 1. The molecule has 26 heavy (non-hydrogen) atoms. The molecule has 0 saturated heterocycles. The van der Waals surface area contributed by atoms with E-state index in [0.29, 0.717) is 27.6 Å². The van der Waals surface area contributed by atoms with Gasteiger partial charge >= 0.3 is 0 Å². The summed E-state index contributed by atoms with van der Waals surface area (Å²) in [6.07, 6.45) is 0. The summed E-state index contributed by atoms with van der Waals surface area (Å²) < 4.78 is 10.9. The predicted molar refractivity (Wildman–Crippen MR) is 102 cm³/mol. The molecule has 8 heteroatoms. The highest BCUT2D eigenvalue weighted by Crippen LogP contribution is 2.30. The number of hydrogen-bond acceptors (Lipinski definition) is 6. The zero-order valence-corrected chi connectivity index (χ0v) is 15.7. The van der Waals surface area contributed by atoms with Gasteiger partial charge in [-0.3, -0.25) is 4.79 Å². The van der Waals surface area contributed by atoms with Crippen LogP contribution in [0.4, 0.5) is 5.69 Å². The molecule has 2 aromatic carbocycles. The maximum atomic E-state index is 12.5. The normalized spacial score (nSPS) is 11.8. The van der Waals surface area contributed by atoms with Gasteiger partial charge in [0.05, 0.1) is 18.0 Å². The molecular formula is C18H16ClN3O3S. The van der Waals surface area contributed by atoms with Crippen molar-refractivity contribution >= 4 is 35.0 Å². The first-order valence-electron chi connectivity index (χ1n) is 7.77. The van der Waals surface area contributed by atoms with Crippen molar-refractivity contribution in [1.29, 1.82) is 0 Å². The van der Waals surface area contributed by atoms with Crippen LogP contribution >= 0.6 is 23.4 Å². The molecule has 0 saturated carbocycles. The second-order valence-electron chi connectivity index (χ2n) is 5.33. The highest BCUT2D eigenvalue weighted by molar-refractivity contribution is 8.00. The third-order valence-electron chi connectivity index (χ3n) is 3.49. The molecule has 0 aliphatic rings. The number of halogens is 1. The number of hydrogen-bond donors (Lipinski definition) is 1. The molecule has 3 aromatic rings. The van der Waals surface area contributed by atoms with Crippen molar-refractivity contribution in [2.75, 3.05) is 12.4 Å². The summed E-state index contributed by atoms with van der Waals surface area (Å²) in [5.41, 5.74) is 1.33. The number of nitrogens with zero attached hydrogens (tertiary/aromatic N) is 2. The highest BCUT2D eigenvalue weighted by Gasteiger charge is 2.20. The lowest BCUT2D eigenvalue weighted by molar-refractivity contribution is -0.115. The lowest BCUT2D eigenvalue weighted by Gasteiger charge is -2.13. The molecule has 0 fully saturated rings. The Morgan fingerprint density at radius 2 is 2.00 bits per heavy atom. The lowest BCUT2D eigenvalue weighted by atomic mass is 10.2. The first-order valence-corrected chi connectivity index (χ1v) is 9.02. The van der Waals surface area contributed by atoms with Crippen molar-refractivity contribution in [1.82, 2.24) is 10.2 Å². The molecule has 0 radical (unpaired) electrons. The summed E-state index contributed by atoms with van der Waals surface area (Å²) in [7, 11) is 1.53. The van der Waals surface area contributed by atoms with E-state index >= 15 is 0 Å². The van der Waals surface area contributed by atoms with E-state index in [2.05, 4.69) is 15.5 Å². The third kappa shape index (κ3) is 4.36. The lowest BCUT2D eigenvalue weighted by Crippen LogP contribution is -2.22. The zero-order chi connectivity index (χ0) is 18.5. The maximum Gasteiger partial charge on any atom is 0.277 e. The molecule has 0 aliphatic carbocycles. The van der Waals surface area contributed by atoms with Gasteiger partial charge in [0.1, 0.15) is 5.75 Å². The Bertz CT molecular complexity index is 902. The Labute approximate surface area is 159 Å². The molecule has 1 heterocycles. The van der Waals surface area contributed by atoms with Gasteiger partial charge in [-0.2, -0.15) is 0 Å². The Hall–Kier alpha value is -2.51. The molecule has 1 atom stereocenters. The summed E-state index contributed by atoms with van der Waals surface area (Å²) in [5, 5.41) is 11.2. The highest BCUT2D eigenvalue weighted by atomic mass is 35.5. The largest absolute Gasteiger partial charge is 0.495 e. The van der Waals surface area contributed by atoms with Crippen molar-refractivity contribution in [3.63, 3.8) is 0 Å². The second-order valence-corrected chi connectivity index (χ2v) is 7.06. The van der Waals surface area contributed by atoms with E-state index in [1.807, 2.05) is 30.3 Å². The Kier molecular flexibility index (Phi) is 5.80. The number of anilines is 1. The van der Waals surface area contributed by atoms with Crippen molar-refractivity contribution in [3.05, 3.63) is 53.6 Å². The topological polar surface area (TPSA) is 77.2 Å². The van der Waals surface area contributed by atoms with E-state index < -0.39 is 5.25 Å². The number of ether oxygens (including phenoxy) is 1. The van der Waals surface area contributed by atoms with Gasteiger partial charge in [-0.25, -0.2) is 0 Å². The van der Waals surface area contributed by atoms with Crippen LogP contribution in [0.2, 0.25) is 5.02 Å². The molecule has 0 unspecified atom stereocenters. The minimum Gasteiger partial charge on any atom is -0.495 e. The van der Waals surface area contributed by atoms with Crippen LogP contribution in [0.1, 0.15) is 6.92 Å². The molecule has 0 spiro atoms. The fourth-order valence-electron chi connectivity index (χ4n) is 2.17. The third-order valence-corrected chi connectivity index (χ3v) is 4.66. The van der Waals surface area contributed by atoms with Crippen LogP contribution in [-0.2, 0) is 4.79 Å². The number of carbonyl (C=O) groups is 1. The smallest absolute Gasteiger partial charge is 0.277 e. The molecule has 0 aliphatic heterocycles. The second kappa shape index (κ2) is 8.25. The van der Waals surface area contributed by atoms with Crippen LogP contribution in [0.15, 0.2) is 58.2 Å². The fraction of sp³-hybridized carbons (Fsp3) is 0.167. The van der Waals surface area contributed by atoms with Gasteiger partial charge in [0.25, 0.3) is 5.22 Å². The zero-order valence-electron chi connectivity index (χ0n) is 14.1. The van der Waals surface area contributed by atoms with E-state index in [4.69, 9.17) is 20.8 Å². The van der Waals surface area contributed by atoms with Crippen LogP contribution in [0.3, 0.4) is 0 Å². The van der Waals surface area contributed by atoms with Crippen molar-refractivity contribution in [3.8, 4) is 17.2 Å². The minimum absolute atomic E-state index is 0.227. The van der Waals surface area contributed by atoms with Gasteiger partial charge in [-0.15, -0.1) is 10.2 Å². The molecule has 0 bridgehead atoms. The molecule has 1 N–H and O–H groups in total. The molecular weight excluding hydrogens is 374 g/mol. The monoisotopic (exact) mass is 389 g/mol. The van der Waals surface area contributed by atoms with E-state index in [0.717, 1.165) is 5.56 Å². The van der Waals surface area contributed by atoms with Crippen LogP contribution < -0.4 is 10.1 Å². The van der Waals surface area contributed by atoms with Crippen molar-refractivity contribution < 1.29 is 13.9 Å². The van der Waals surface area contributed by atoms with Gasteiger partial charge < -0.3 is 14.5 Å². The summed E-state index contributed by atoms with van der Waals surface area (Å²) >= 11 is 7.16. The number of methoxy groups -OCH3 is 1. The number of rotatable bonds is 6. The molecule has 134 valence electrons. The van der Waals surface area contributed by atoms with Gasteiger partial charge in [0.2, 0.25) is 11.8 Å². The maximum absolute atomic E-state index is 12.5. The van der Waals surface area contributed by atoms with E-state index in [1.165, 1.54) is 18.9 Å². The van der Waals surface area contributed by atoms with E-state index in [-0.39, 0.29) is 5.91 Å². The van der Waals surface area contributed by atoms with Crippen molar-refractivity contribution in [2.24, 2.45) is 0 Å². The van der Waals surface area contributed by atoms with Crippen LogP contribution in [-0.4, -0.2) is 28.5 Å². The average molecular weight is 390 g/mol.